The zero-order chi connectivity index (χ0) is 48.0. The van der Waals surface area contributed by atoms with E-state index in [1.54, 1.807) is 81.4 Å². The van der Waals surface area contributed by atoms with E-state index in [1.165, 1.54) is 19.1 Å². The normalized spacial score (nSPS) is 16.0. The molecule has 20 nitrogen and oxygen atoms in total. The third-order valence-corrected chi connectivity index (χ3v) is 9.73. The van der Waals surface area contributed by atoms with Crippen LogP contribution >= 0.6 is 0 Å². The van der Waals surface area contributed by atoms with Gasteiger partial charge in [0.25, 0.3) is 0 Å². The Morgan fingerprint density at radius 2 is 1.17 bits per heavy atom. The number of benzene rings is 1. The molecule has 0 aliphatic heterocycles. The van der Waals surface area contributed by atoms with Crippen LogP contribution in [0.15, 0.2) is 24.3 Å². The predicted molar refractivity (Wildman–Crippen MR) is 230 cm³/mol. The molecule has 20 heteroatoms. The van der Waals surface area contributed by atoms with Crippen molar-refractivity contribution in [1.29, 1.82) is 0 Å². The Morgan fingerprint density at radius 1 is 0.667 bits per heavy atom. The lowest BCUT2D eigenvalue weighted by atomic mass is 9.94. The van der Waals surface area contributed by atoms with Gasteiger partial charge in [-0.3, -0.25) is 38.4 Å². The van der Waals surface area contributed by atoms with Gasteiger partial charge in [0, 0.05) is 6.42 Å². The molecule has 1 aromatic rings. The Balaban J connectivity index is 2.35. The summed E-state index contributed by atoms with van der Waals surface area (Å²) >= 11 is 0. The molecule has 0 unspecified atom stereocenters. The second-order valence-corrected chi connectivity index (χ2v) is 18.5. The number of esters is 1. The first-order valence-corrected chi connectivity index (χ1v) is 21.1. The molecule has 5 atom stereocenters. The smallest absolute Gasteiger partial charge is 0.408 e. The number of alkyl carbamates (subject to hydrolysis) is 1. The Kier molecular flexibility index (Phi) is 19.4. The minimum absolute atomic E-state index is 0.00282. The molecule has 63 heavy (non-hydrogen) atoms. The summed E-state index contributed by atoms with van der Waals surface area (Å²) in [7, 11) is 0. The van der Waals surface area contributed by atoms with Gasteiger partial charge in [0.15, 0.2) is 0 Å². The number of hydrogen-bond acceptors (Lipinski definition) is 12. The molecular formula is C43H68N8O12. The minimum Gasteiger partial charge on any atom is -0.508 e. The highest BCUT2D eigenvalue weighted by Gasteiger charge is 2.45. The van der Waals surface area contributed by atoms with Crippen LogP contribution < -0.4 is 43.0 Å². The highest BCUT2D eigenvalue weighted by Crippen LogP contribution is 2.30. The van der Waals surface area contributed by atoms with E-state index in [4.69, 9.17) is 15.2 Å². The lowest BCUT2D eigenvalue weighted by Crippen LogP contribution is -2.64. The molecule has 0 saturated heterocycles. The highest BCUT2D eigenvalue weighted by molar-refractivity contribution is 6.00. The second kappa shape index (κ2) is 22.9. The number of carbonyl (C=O) groups is 9. The molecule has 2 rings (SSSR count). The van der Waals surface area contributed by atoms with E-state index in [-0.39, 0.29) is 25.0 Å². The van der Waals surface area contributed by atoms with Crippen molar-refractivity contribution >= 4 is 53.4 Å². The zero-order valence-corrected chi connectivity index (χ0v) is 38.3. The number of phenolic OH excluding ortho intramolecular Hbond substituents is 1. The molecule has 1 aliphatic carbocycles. The number of hydrogen-bond donors (Lipinski definition) is 9. The molecule has 0 bridgehead atoms. The van der Waals surface area contributed by atoms with E-state index in [2.05, 4.69) is 37.2 Å². The van der Waals surface area contributed by atoms with Gasteiger partial charge in [-0.1, -0.05) is 52.7 Å². The van der Waals surface area contributed by atoms with Crippen molar-refractivity contribution in [3.63, 3.8) is 0 Å². The third kappa shape index (κ3) is 18.1. The van der Waals surface area contributed by atoms with E-state index in [9.17, 15) is 48.3 Å². The molecule has 1 saturated carbocycles. The number of ether oxygens (including phenoxy) is 2. The fourth-order valence-corrected chi connectivity index (χ4v) is 6.54. The summed E-state index contributed by atoms with van der Waals surface area (Å²) in [5, 5.41) is 27.8. The average Bonchev–Trinajstić information content (AvgIpc) is 3.62. The van der Waals surface area contributed by atoms with Gasteiger partial charge >= 0.3 is 12.1 Å². The zero-order valence-electron chi connectivity index (χ0n) is 38.3. The van der Waals surface area contributed by atoms with E-state index in [1.807, 2.05) is 0 Å². The first-order chi connectivity index (χ1) is 29.0. The van der Waals surface area contributed by atoms with Crippen molar-refractivity contribution in [2.45, 2.75) is 162 Å². The molecule has 0 spiro atoms. The van der Waals surface area contributed by atoms with Gasteiger partial charge in [0.1, 0.15) is 52.7 Å². The number of aromatic hydroxyl groups is 1. The number of nitrogens with two attached hydrogens (primary N) is 1. The maximum Gasteiger partial charge on any atom is 0.408 e. The quantitative estimate of drug-likeness (QED) is 0.0825. The van der Waals surface area contributed by atoms with Crippen molar-refractivity contribution in [2.75, 3.05) is 6.54 Å². The SMILES string of the molecule is CC(C)[C@H](NC(=O)[C@H](CC(=O)OC(C)(C)C)NC(=O)C1(NC(=O)[C@@H](C)NC(=O)[C@H](Cc2ccc(O)cc2)NC(=O)OC(C)(C)C)CCCC1)C(=O)N[C@H](C(=O)NCC(N)=O)C(C)C. The fourth-order valence-electron chi connectivity index (χ4n) is 6.54. The molecule has 1 aliphatic rings. The molecule has 352 valence electrons. The molecule has 10 N–H and O–H groups in total. The summed E-state index contributed by atoms with van der Waals surface area (Å²) in [4.78, 5) is 119. The second-order valence-electron chi connectivity index (χ2n) is 18.5. The number of nitrogens with one attached hydrogen (secondary N) is 7. The van der Waals surface area contributed by atoms with Crippen LogP contribution in [0.1, 0.15) is 114 Å². The summed E-state index contributed by atoms with van der Waals surface area (Å²) in [6, 6.07) is -0.481. The molecular weight excluding hydrogens is 821 g/mol. The predicted octanol–water partition coefficient (Wildman–Crippen LogP) is 0.861. The molecule has 0 aromatic heterocycles. The highest BCUT2D eigenvalue weighted by atomic mass is 16.6. The summed E-state index contributed by atoms with van der Waals surface area (Å²) < 4.78 is 10.8. The van der Waals surface area contributed by atoms with Crippen LogP contribution in [-0.4, -0.2) is 112 Å². The van der Waals surface area contributed by atoms with Crippen LogP contribution in [-0.2, 0) is 54.3 Å². The largest absolute Gasteiger partial charge is 0.508 e. The third-order valence-electron chi connectivity index (χ3n) is 9.73. The number of rotatable bonds is 20. The van der Waals surface area contributed by atoms with Crippen molar-refractivity contribution in [3.05, 3.63) is 29.8 Å². The molecule has 8 amide bonds. The van der Waals surface area contributed by atoms with Crippen molar-refractivity contribution in [3.8, 4) is 5.75 Å². The van der Waals surface area contributed by atoms with E-state index >= 15 is 0 Å². The van der Waals surface area contributed by atoms with Crippen LogP contribution in [0.4, 0.5) is 4.79 Å². The molecule has 1 fully saturated rings. The van der Waals surface area contributed by atoms with E-state index < -0.39 is 125 Å². The van der Waals surface area contributed by atoms with Gasteiger partial charge < -0.3 is 57.5 Å². The first kappa shape index (κ1) is 53.2. The van der Waals surface area contributed by atoms with Gasteiger partial charge in [0.2, 0.25) is 41.4 Å². The Morgan fingerprint density at radius 3 is 1.68 bits per heavy atom. The number of amides is 8. The summed E-state index contributed by atoms with van der Waals surface area (Å²) in [5.74, 6) is -7.31. The van der Waals surface area contributed by atoms with Crippen LogP contribution in [0.3, 0.4) is 0 Å². The lowest BCUT2D eigenvalue weighted by Gasteiger charge is -2.33. The number of phenols is 1. The Labute approximate surface area is 369 Å². The molecule has 1 aromatic carbocycles. The standard InChI is InChI=1S/C43H68N8O12/c1-23(2)32(37(58)45-22-30(44)53)50-38(59)33(24(3)4)49-36(57)29(21-31(54)62-41(6,7)8)47-39(60)43(18-12-13-19-43)51-34(55)25(5)46-35(56)28(48-40(61)63-42(9,10)11)20-26-14-16-27(52)17-15-26/h14-17,23-25,28-29,32-33,52H,12-13,18-22H2,1-11H3,(H2,44,53)(H,45,58)(H,46,56)(H,47,60)(H,48,61)(H,49,57)(H,50,59)(H,51,55)/t25-,28+,29+,32+,33+/m1/s1. The summed E-state index contributed by atoms with van der Waals surface area (Å²) in [6.07, 6.45) is -0.277. The maximum atomic E-state index is 14.3. The van der Waals surface area contributed by atoms with Crippen molar-refractivity contribution in [2.24, 2.45) is 17.6 Å². The fraction of sp³-hybridized carbons (Fsp3) is 0.651. The van der Waals surface area contributed by atoms with Crippen LogP contribution in [0.5, 0.6) is 5.75 Å². The lowest BCUT2D eigenvalue weighted by molar-refractivity contribution is -0.157. The van der Waals surface area contributed by atoms with Gasteiger partial charge in [-0.05, 0) is 90.8 Å². The Hall–Kier alpha value is -5.95. The van der Waals surface area contributed by atoms with Crippen molar-refractivity contribution in [1.82, 2.24) is 37.2 Å². The van der Waals surface area contributed by atoms with Crippen LogP contribution in [0.25, 0.3) is 0 Å². The van der Waals surface area contributed by atoms with E-state index in [0.717, 1.165) is 0 Å². The topological polar surface area (TPSA) is 303 Å². The van der Waals surface area contributed by atoms with E-state index in [0.29, 0.717) is 18.4 Å². The van der Waals surface area contributed by atoms with Crippen molar-refractivity contribution < 1.29 is 57.7 Å². The molecule has 0 heterocycles. The summed E-state index contributed by atoms with van der Waals surface area (Å²) in [6.45, 7) is 17.3. The minimum atomic E-state index is -1.60. The number of primary amides is 1. The van der Waals surface area contributed by atoms with Crippen LogP contribution in [0, 0.1) is 11.8 Å². The first-order valence-electron chi connectivity index (χ1n) is 21.1. The Bertz CT molecular complexity index is 1810. The molecule has 0 radical (unpaired) electrons. The maximum absolute atomic E-state index is 14.3. The number of carbonyl (C=O) groups excluding carboxylic acids is 9. The average molecular weight is 889 g/mol. The van der Waals surface area contributed by atoms with Gasteiger partial charge in [-0.25, -0.2) is 4.79 Å². The summed E-state index contributed by atoms with van der Waals surface area (Å²) in [5.41, 5.74) is 2.30. The van der Waals surface area contributed by atoms with Gasteiger partial charge in [-0.15, -0.1) is 0 Å². The van der Waals surface area contributed by atoms with Crippen LogP contribution in [0.2, 0.25) is 0 Å². The monoisotopic (exact) mass is 888 g/mol. The van der Waals surface area contributed by atoms with Gasteiger partial charge in [-0.2, -0.15) is 0 Å². The van der Waals surface area contributed by atoms with Gasteiger partial charge in [0.05, 0.1) is 13.0 Å².